The van der Waals surface area contributed by atoms with Crippen LogP contribution in [0.5, 0.6) is 0 Å². The Morgan fingerprint density at radius 1 is 1.23 bits per heavy atom. The summed E-state index contributed by atoms with van der Waals surface area (Å²) in [5.41, 5.74) is 4.79. The van der Waals surface area contributed by atoms with Crippen molar-refractivity contribution in [3.05, 3.63) is 36.2 Å². The van der Waals surface area contributed by atoms with Gasteiger partial charge in [0.05, 0.1) is 11.2 Å². The van der Waals surface area contributed by atoms with Crippen LogP contribution < -0.4 is 4.90 Å². The minimum atomic E-state index is 0.506. The van der Waals surface area contributed by atoms with Crippen LogP contribution in [0.1, 0.15) is 38.7 Å². The van der Waals surface area contributed by atoms with Gasteiger partial charge >= 0.3 is 0 Å². The fraction of sp³-hybridized carbons (Fsp3) is 0.476. The van der Waals surface area contributed by atoms with Gasteiger partial charge in [0.1, 0.15) is 17.8 Å². The quantitative estimate of drug-likeness (QED) is 0.768. The zero-order valence-electron chi connectivity index (χ0n) is 15.5. The number of H-pyrrole nitrogens is 1. The summed E-state index contributed by atoms with van der Waals surface area (Å²) >= 11 is 0. The van der Waals surface area contributed by atoms with E-state index in [-0.39, 0.29) is 0 Å². The minimum absolute atomic E-state index is 0.506. The topological polar surface area (TPSA) is 57.7 Å². The predicted octanol–water partition coefficient (Wildman–Crippen LogP) is 4.21. The van der Waals surface area contributed by atoms with Crippen molar-refractivity contribution >= 4 is 16.7 Å². The highest BCUT2D eigenvalue weighted by Gasteiger charge is 2.37. The average Bonchev–Trinajstić information content (AvgIpc) is 3.05. The number of fused-ring (bicyclic) bond motifs is 1. The lowest BCUT2D eigenvalue weighted by molar-refractivity contribution is 0.571. The van der Waals surface area contributed by atoms with Crippen LogP contribution in [0.3, 0.4) is 0 Å². The molecule has 3 heterocycles. The molecule has 1 aliphatic heterocycles. The number of aromatic nitrogens is 4. The highest BCUT2D eigenvalue weighted by atomic mass is 15.2. The van der Waals surface area contributed by atoms with Gasteiger partial charge in [-0.3, -0.25) is 5.10 Å². The van der Waals surface area contributed by atoms with Crippen LogP contribution in [0.4, 0.5) is 5.82 Å². The smallest absolute Gasteiger partial charge is 0.132 e. The van der Waals surface area contributed by atoms with Crippen molar-refractivity contribution in [1.29, 1.82) is 0 Å². The van der Waals surface area contributed by atoms with Gasteiger partial charge in [0.25, 0.3) is 0 Å². The minimum Gasteiger partial charge on any atom is -0.356 e. The van der Waals surface area contributed by atoms with Crippen molar-refractivity contribution < 1.29 is 0 Å². The molecule has 5 heteroatoms. The summed E-state index contributed by atoms with van der Waals surface area (Å²) in [7, 11) is 0. The van der Waals surface area contributed by atoms with Gasteiger partial charge in [-0.2, -0.15) is 5.10 Å². The largest absolute Gasteiger partial charge is 0.356 e. The number of rotatable bonds is 4. The predicted molar refractivity (Wildman–Crippen MR) is 104 cm³/mol. The van der Waals surface area contributed by atoms with E-state index in [1.807, 2.05) is 0 Å². The molecule has 1 saturated heterocycles. The fourth-order valence-electron chi connectivity index (χ4n) is 4.04. The van der Waals surface area contributed by atoms with Crippen molar-refractivity contribution in [3.63, 3.8) is 0 Å². The lowest BCUT2D eigenvalue weighted by Gasteiger charge is -2.16. The van der Waals surface area contributed by atoms with Crippen LogP contribution >= 0.6 is 0 Å². The molecule has 1 saturated carbocycles. The van der Waals surface area contributed by atoms with E-state index < -0.39 is 0 Å². The maximum absolute atomic E-state index is 4.57. The second-order valence-electron chi connectivity index (χ2n) is 8.54. The molecule has 2 aliphatic rings. The van der Waals surface area contributed by atoms with Gasteiger partial charge in [0.15, 0.2) is 0 Å². The summed E-state index contributed by atoms with van der Waals surface area (Å²) in [4.78, 5) is 11.4. The standard InChI is InChI=1S/C21H25N5/c1-14-5-8-26(12-14)19-10-18(22-13-23-19)20-16-9-15(11-21(2)6-7-21)3-4-17(16)24-25-20/h3-4,9-10,13-14H,5-8,11-12H2,1-2H3,(H,24,25). The summed E-state index contributed by atoms with van der Waals surface area (Å²) < 4.78 is 0. The van der Waals surface area contributed by atoms with E-state index >= 15 is 0 Å². The fourth-order valence-corrected chi connectivity index (χ4v) is 4.04. The molecule has 5 rings (SSSR count). The Morgan fingerprint density at radius 2 is 2.12 bits per heavy atom. The van der Waals surface area contributed by atoms with E-state index in [9.17, 15) is 0 Å². The number of anilines is 1. The number of hydrogen-bond donors (Lipinski definition) is 1. The highest BCUT2D eigenvalue weighted by molar-refractivity contribution is 5.92. The molecule has 26 heavy (non-hydrogen) atoms. The molecular weight excluding hydrogens is 322 g/mol. The molecule has 1 atom stereocenters. The lowest BCUT2D eigenvalue weighted by Crippen LogP contribution is -2.20. The van der Waals surface area contributed by atoms with E-state index in [1.54, 1.807) is 6.33 Å². The van der Waals surface area contributed by atoms with Gasteiger partial charge < -0.3 is 4.90 Å². The lowest BCUT2D eigenvalue weighted by atomic mass is 9.97. The van der Waals surface area contributed by atoms with Crippen LogP contribution in [-0.2, 0) is 6.42 Å². The SMILES string of the molecule is CC1CCN(c2cc(-c3n[nH]c4ccc(CC5(C)CC5)cc34)ncn2)C1. The second kappa shape index (κ2) is 5.79. The van der Waals surface area contributed by atoms with Gasteiger partial charge in [-0.25, -0.2) is 9.97 Å². The zero-order valence-corrected chi connectivity index (χ0v) is 15.5. The summed E-state index contributed by atoms with van der Waals surface area (Å²) in [6.07, 6.45) is 6.73. The van der Waals surface area contributed by atoms with E-state index in [1.165, 1.54) is 24.8 Å². The first kappa shape index (κ1) is 15.8. The summed E-state index contributed by atoms with van der Waals surface area (Å²) in [6, 6.07) is 8.75. The van der Waals surface area contributed by atoms with Crippen LogP contribution in [0.15, 0.2) is 30.6 Å². The Kier molecular flexibility index (Phi) is 3.52. The Morgan fingerprint density at radius 3 is 2.88 bits per heavy atom. The number of nitrogens with zero attached hydrogens (tertiary/aromatic N) is 4. The monoisotopic (exact) mass is 347 g/mol. The third kappa shape index (κ3) is 2.85. The maximum atomic E-state index is 4.57. The maximum Gasteiger partial charge on any atom is 0.132 e. The van der Waals surface area contributed by atoms with Crippen LogP contribution in [-0.4, -0.2) is 33.3 Å². The van der Waals surface area contributed by atoms with E-state index in [2.05, 4.69) is 63.2 Å². The first-order chi connectivity index (χ1) is 12.6. The molecule has 0 amide bonds. The zero-order chi connectivity index (χ0) is 17.7. The van der Waals surface area contributed by atoms with Crippen LogP contribution in [0.2, 0.25) is 0 Å². The molecule has 1 N–H and O–H groups in total. The van der Waals surface area contributed by atoms with Crippen molar-refractivity contribution in [2.24, 2.45) is 11.3 Å². The van der Waals surface area contributed by atoms with Gasteiger partial charge in [-0.05, 0) is 54.7 Å². The van der Waals surface area contributed by atoms with Crippen molar-refractivity contribution in [3.8, 4) is 11.4 Å². The molecule has 1 aliphatic carbocycles. The first-order valence-electron chi connectivity index (χ1n) is 9.64. The van der Waals surface area contributed by atoms with Crippen LogP contribution in [0.25, 0.3) is 22.3 Å². The number of benzene rings is 1. The van der Waals surface area contributed by atoms with Crippen LogP contribution in [0, 0.1) is 11.3 Å². The summed E-state index contributed by atoms with van der Waals surface area (Å²) in [6.45, 7) is 6.81. The third-order valence-electron chi connectivity index (χ3n) is 6.00. The molecule has 2 aromatic heterocycles. The molecular formula is C21H25N5. The summed E-state index contributed by atoms with van der Waals surface area (Å²) in [5, 5.41) is 8.89. The van der Waals surface area contributed by atoms with Crippen molar-refractivity contribution in [2.45, 2.75) is 39.5 Å². The second-order valence-corrected chi connectivity index (χ2v) is 8.54. The van der Waals surface area contributed by atoms with Gasteiger partial charge in [-0.15, -0.1) is 0 Å². The van der Waals surface area contributed by atoms with Gasteiger partial charge in [0.2, 0.25) is 0 Å². The van der Waals surface area contributed by atoms with E-state index in [0.29, 0.717) is 5.41 Å². The molecule has 134 valence electrons. The highest BCUT2D eigenvalue weighted by Crippen LogP contribution is 2.48. The van der Waals surface area contributed by atoms with Crippen molar-refractivity contribution in [2.75, 3.05) is 18.0 Å². The van der Waals surface area contributed by atoms with Gasteiger partial charge in [-0.1, -0.05) is 19.9 Å². The Bertz CT molecular complexity index is 956. The number of hydrogen-bond acceptors (Lipinski definition) is 4. The van der Waals surface area contributed by atoms with Crippen molar-refractivity contribution in [1.82, 2.24) is 20.2 Å². The molecule has 0 spiro atoms. The third-order valence-corrected chi connectivity index (χ3v) is 6.00. The molecule has 0 bridgehead atoms. The Balaban J connectivity index is 1.51. The summed E-state index contributed by atoms with van der Waals surface area (Å²) in [5.74, 6) is 1.74. The van der Waals surface area contributed by atoms with E-state index in [0.717, 1.165) is 53.5 Å². The molecule has 1 unspecified atom stereocenters. The van der Waals surface area contributed by atoms with E-state index in [4.69, 9.17) is 0 Å². The molecule has 1 aromatic carbocycles. The Labute approximate surface area is 153 Å². The molecule has 0 radical (unpaired) electrons. The van der Waals surface area contributed by atoms with Gasteiger partial charge in [0, 0.05) is 24.5 Å². The average molecular weight is 347 g/mol. The number of aromatic amines is 1. The molecule has 5 nitrogen and oxygen atoms in total. The first-order valence-corrected chi connectivity index (χ1v) is 9.64. The normalized spacial score (nSPS) is 21.5. The number of nitrogens with one attached hydrogen (secondary N) is 1. The Hall–Kier alpha value is -2.43. The molecule has 2 fully saturated rings. The molecule has 3 aromatic rings.